The molecule has 1 aliphatic rings. The van der Waals surface area contributed by atoms with Gasteiger partial charge in [-0.3, -0.25) is 4.79 Å². The van der Waals surface area contributed by atoms with Crippen LogP contribution in [-0.4, -0.2) is 32.6 Å². The molecule has 0 atom stereocenters. The number of methoxy groups -OCH3 is 1. The molecule has 0 bridgehead atoms. The molecule has 16 heavy (non-hydrogen) atoms. The summed E-state index contributed by atoms with van der Waals surface area (Å²) in [6.45, 7) is 0.289. The standard InChI is InChI=1S/C11H12N2O3/c1-13-6-9(14)12-10-7(11(15)16-2)4-3-5-8(10)13/h3-5H,6H2,1-2H3,(H,12,14). The number of rotatable bonds is 1. The molecule has 1 heterocycles. The summed E-state index contributed by atoms with van der Waals surface area (Å²) in [5, 5.41) is 2.69. The third-order valence-corrected chi connectivity index (χ3v) is 2.50. The van der Waals surface area contributed by atoms with Gasteiger partial charge in [-0.05, 0) is 12.1 Å². The van der Waals surface area contributed by atoms with E-state index in [2.05, 4.69) is 10.1 Å². The molecule has 1 amide bonds. The Morgan fingerprint density at radius 1 is 1.50 bits per heavy atom. The molecular weight excluding hydrogens is 208 g/mol. The molecule has 0 fully saturated rings. The lowest BCUT2D eigenvalue weighted by molar-refractivity contribution is -0.115. The minimum Gasteiger partial charge on any atom is -0.465 e. The fourth-order valence-electron chi connectivity index (χ4n) is 1.75. The maximum atomic E-state index is 11.5. The summed E-state index contributed by atoms with van der Waals surface area (Å²) in [5.74, 6) is -0.584. The number of esters is 1. The molecule has 1 N–H and O–H groups in total. The van der Waals surface area contributed by atoms with E-state index >= 15 is 0 Å². The van der Waals surface area contributed by atoms with Gasteiger partial charge < -0.3 is 15.0 Å². The second-order valence-corrected chi connectivity index (χ2v) is 3.60. The van der Waals surface area contributed by atoms with Crippen LogP contribution in [0, 0.1) is 0 Å². The van der Waals surface area contributed by atoms with Crippen molar-refractivity contribution in [2.24, 2.45) is 0 Å². The van der Waals surface area contributed by atoms with Crippen molar-refractivity contribution in [3.63, 3.8) is 0 Å². The molecule has 1 aromatic rings. The molecule has 0 spiro atoms. The van der Waals surface area contributed by atoms with Gasteiger partial charge in [0.2, 0.25) is 5.91 Å². The summed E-state index contributed by atoms with van der Waals surface area (Å²) < 4.78 is 4.66. The average molecular weight is 220 g/mol. The molecule has 84 valence electrons. The largest absolute Gasteiger partial charge is 0.465 e. The zero-order chi connectivity index (χ0) is 11.7. The van der Waals surface area contributed by atoms with Crippen LogP contribution in [0.25, 0.3) is 0 Å². The fraction of sp³-hybridized carbons (Fsp3) is 0.273. The van der Waals surface area contributed by atoms with Gasteiger partial charge in [0.15, 0.2) is 0 Å². The van der Waals surface area contributed by atoms with Crippen molar-refractivity contribution in [2.75, 3.05) is 30.9 Å². The van der Waals surface area contributed by atoms with Crippen LogP contribution in [0.1, 0.15) is 10.4 Å². The summed E-state index contributed by atoms with van der Waals surface area (Å²) >= 11 is 0. The Bertz CT molecular complexity index is 457. The lowest BCUT2D eigenvalue weighted by Crippen LogP contribution is -2.36. The molecule has 0 saturated heterocycles. The highest BCUT2D eigenvalue weighted by atomic mass is 16.5. The fourth-order valence-corrected chi connectivity index (χ4v) is 1.75. The Morgan fingerprint density at radius 2 is 2.25 bits per heavy atom. The number of anilines is 2. The van der Waals surface area contributed by atoms with Crippen molar-refractivity contribution < 1.29 is 14.3 Å². The normalized spacial score (nSPS) is 14.1. The SMILES string of the molecule is COC(=O)c1cccc2c1NC(=O)CN2C. The van der Waals surface area contributed by atoms with E-state index in [4.69, 9.17) is 0 Å². The van der Waals surface area contributed by atoms with Crippen LogP contribution in [0.4, 0.5) is 11.4 Å². The lowest BCUT2D eigenvalue weighted by atomic mass is 10.1. The molecule has 1 aliphatic heterocycles. The zero-order valence-corrected chi connectivity index (χ0v) is 9.11. The Labute approximate surface area is 93.0 Å². The number of fused-ring (bicyclic) bond motifs is 1. The van der Waals surface area contributed by atoms with Crippen LogP contribution in [0.3, 0.4) is 0 Å². The number of nitrogens with one attached hydrogen (secondary N) is 1. The van der Waals surface area contributed by atoms with Gasteiger partial charge in [0.25, 0.3) is 0 Å². The molecule has 1 aromatic carbocycles. The van der Waals surface area contributed by atoms with Crippen LogP contribution >= 0.6 is 0 Å². The number of para-hydroxylation sites is 1. The highest BCUT2D eigenvalue weighted by Crippen LogP contribution is 2.31. The molecule has 5 heteroatoms. The maximum Gasteiger partial charge on any atom is 0.340 e. The number of benzene rings is 1. The van der Waals surface area contributed by atoms with Gasteiger partial charge in [0.1, 0.15) is 0 Å². The summed E-state index contributed by atoms with van der Waals surface area (Å²) in [6, 6.07) is 5.24. The van der Waals surface area contributed by atoms with Gasteiger partial charge in [-0.25, -0.2) is 4.79 Å². The van der Waals surface area contributed by atoms with E-state index in [1.165, 1.54) is 7.11 Å². The van der Waals surface area contributed by atoms with Gasteiger partial charge >= 0.3 is 5.97 Å². The third kappa shape index (κ3) is 1.60. The predicted octanol–water partition coefficient (Wildman–Crippen LogP) is 0.861. The van der Waals surface area contributed by atoms with Crippen LogP contribution < -0.4 is 10.2 Å². The number of amides is 1. The van der Waals surface area contributed by atoms with Crippen molar-refractivity contribution in [2.45, 2.75) is 0 Å². The molecule has 0 saturated carbocycles. The van der Waals surface area contributed by atoms with Crippen molar-refractivity contribution >= 4 is 23.3 Å². The van der Waals surface area contributed by atoms with Crippen LogP contribution in [-0.2, 0) is 9.53 Å². The monoisotopic (exact) mass is 220 g/mol. The van der Waals surface area contributed by atoms with Crippen molar-refractivity contribution in [3.8, 4) is 0 Å². The second-order valence-electron chi connectivity index (χ2n) is 3.60. The van der Waals surface area contributed by atoms with Crippen molar-refractivity contribution in [1.29, 1.82) is 0 Å². The molecule has 5 nitrogen and oxygen atoms in total. The number of hydrogen-bond donors (Lipinski definition) is 1. The van der Waals surface area contributed by atoms with Gasteiger partial charge in [0, 0.05) is 7.05 Å². The summed E-state index contributed by atoms with van der Waals surface area (Å²) in [5.41, 5.74) is 1.72. The first-order valence-electron chi connectivity index (χ1n) is 4.86. The highest BCUT2D eigenvalue weighted by Gasteiger charge is 2.24. The Morgan fingerprint density at radius 3 is 2.94 bits per heavy atom. The van der Waals surface area contributed by atoms with E-state index in [1.54, 1.807) is 24.1 Å². The minimum atomic E-state index is -0.451. The van der Waals surface area contributed by atoms with Crippen LogP contribution in [0.5, 0.6) is 0 Å². The zero-order valence-electron chi connectivity index (χ0n) is 9.11. The second kappa shape index (κ2) is 3.84. The van der Waals surface area contributed by atoms with E-state index in [-0.39, 0.29) is 12.5 Å². The third-order valence-electron chi connectivity index (χ3n) is 2.50. The molecule has 0 aliphatic carbocycles. The smallest absolute Gasteiger partial charge is 0.340 e. The first-order chi connectivity index (χ1) is 7.63. The summed E-state index contributed by atoms with van der Waals surface area (Å²) in [4.78, 5) is 24.7. The van der Waals surface area contributed by atoms with E-state index in [1.807, 2.05) is 6.07 Å². The Kier molecular flexibility index (Phi) is 2.52. The highest BCUT2D eigenvalue weighted by molar-refractivity contribution is 6.08. The number of nitrogens with zero attached hydrogens (tertiary/aromatic N) is 1. The molecular formula is C11H12N2O3. The molecule has 0 aromatic heterocycles. The van der Waals surface area contributed by atoms with Crippen LogP contribution in [0.2, 0.25) is 0 Å². The lowest BCUT2D eigenvalue weighted by Gasteiger charge is -2.28. The minimum absolute atomic E-state index is 0.133. The van der Waals surface area contributed by atoms with Crippen molar-refractivity contribution in [3.05, 3.63) is 23.8 Å². The molecule has 0 radical (unpaired) electrons. The molecule has 2 rings (SSSR count). The van der Waals surface area contributed by atoms with Crippen molar-refractivity contribution in [1.82, 2.24) is 0 Å². The Balaban J connectivity index is 2.54. The van der Waals surface area contributed by atoms with E-state index in [0.717, 1.165) is 5.69 Å². The number of ether oxygens (including phenoxy) is 1. The predicted molar refractivity (Wildman–Crippen MR) is 59.7 cm³/mol. The summed E-state index contributed by atoms with van der Waals surface area (Å²) in [7, 11) is 3.12. The summed E-state index contributed by atoms with van der Waals surface area (Å²) in [6.07, 6.45) is 0. The van der Waals surface area contributed by atoms with Crippen LogP contribution in [0.15, 0.2) is 18.2 Å². The maximum absolute atomic E-state index is 11.5. The quantitative estimate of drug-likeness (QED) is 0.713. The first-order valence-corrected chi connectivity index (χ1v) is 4.86. The number of hydrogen-bond acceptors (Lipinski definition) is 4. The topological polar surface area (TPSA) is 58.6 Å². The Hall–Kier alpha value is -2.04. The number of likely N-dealkylation sites (N-methyl/N-ethyl adjacent to an activating group) is 1. The van der Waals surface area contributed by atoms with Gasteiger partial charge in [0.05, 0.1) is 30.6 Å². The van der Waals surface area contributed by atoms with Gasteiger partial charge in [-0.15, -0.1) is 0 Å². The first kappa shape index (κ1) is 10.5. The number of carbonyl (C=O) groups is 2. The number of carbonyl (C=O) groups excluding carboxylic acids is 2. The van der Waals surface area contributed by atoms with Gasteiger partial charge in [-0.1, -0.05) is 6.07 Å². The van der Waals surface area contributed by atoms with E-state index in [9.17, 15) is 9.59 Å². The van der Waals surface area contributed by atoms with E-state index < -0.39 is 5.97 Å². The molecule has 0 unspecified atom stereocenters. The van der Waals surface area contributed by atoms with E-state index in [0.29, 0.717) is 11.3 Å². The average Bonchev–Trinajstić information content (AvgIpc) is 2.27. The van der Waals surface area contributed by atoms with Gasteiger partial charge in [-0.2, -0.15) is 0 Å².